The molecule has 1 fully saturated rings. The molecule has 1 atom stereocenters. The number of nitrogens with one attached hydrogen (secondary N) is 2. The SMILES string of the molecule is COCCN1CCCC1Cc1c[nH]c2ccc(-n3cnc4cc(CNC(=O)c5ccccc5)ccc43)cc12. The molecule has 1 unspecified atom stereocenters. The van der Waals surface area contributed by atoms with E-state index in [0.717, 1.165) is 53.9 Å². The Hall–Kier alpha value is -3.94. The monoisotopic (exact) mass is 507 g/mol. The summed E-state index contributed by atoms with van der Waals surface area (Å²) in [4.78, 5) is 23.1. The molecule has 0 saturated carbocycles. The van der Waals surface area contributed by atoms with Gasteiger partial charge in [0, 0.05) is 54.6 Å². The van der Waals surface area contributed by atoms with Crippen LogP contribution >= 0.6 is 0 Å². The van der Waals surface area contributed by atoms with E-state index in [1.54, 1.807) is 7.11 Å². The molecule has 1 saturated heterocycles. The number of benzene rings is 3. The number of ether oxygens (including phenoxy) is 1. The third-order valence-corrected chi connectivity index (χ3v) is 7.67. The molecule has 1 amide bonds. The molecule has 3 aromatic carbocycles. The fourth-order valence-electron chi connectivity index (χ4n) is 5.62. The van der Waals surface area contributed by atoms with Gasteiger partial charge in [0.05, 0.1) is 17.6 Å². The van der Waals surface area contributed by atoms with Crippen molar-refractivity contribution >= 4 is 27.8 Å². The Morgan fingerprint density at radius 3 is 2.89 bits per heavy atom. The number of hydrogen-bond acceptors (Lipinski definition) is 4. The molecule has 1 aliphatic rings. The minimum Gasteiger partial charge on any atom is -0.383 e. The van der Waals surface area contributed by atoms with Crippen LogP contribution in [0.4, 0.5) is 0 Å². The molecule has 7 nitrogen and oxygen atoms in total. The van der Waals surface area contributed by atoms with Gasteiger partial charge in [0.25, 0.3) is 5.91 Å². The Bertz CT molecular complexity index is 1550. The summed E-state index contributed by atoms with van der Waals surface area (Å²) in [5, 5.41) is 4.27. The summed E-state index contributed by atoms with van der Waals surface area (Å²) in [5.41, 5.74) is 7.24. The maximum Gasteiger partial charge on any atom is 0.251 e. The van der Waals surface area contributed by atoms with Crippen LogP contribution in [0.1, 0.15) is 34.3 Å². The first-order valence-electron chi connectivity index (χ1n) is 13.3. The number of amides is 1. The Morgan fingerprint density at radius 2 is 2.03 bits per heavy atom. The predicted molar refractivity (Wildman–Crippen MR) is 151 cm³/mol. The van der Waals surface area contributed by atoms with Crippen molar-refractivity contribution in [2.45, 2.75) is 31.8 Å². The molecule has 2 N–H and O–H groups in total. The molecular weight excluding hydrogens is 474 g/mol. The Balaban J connectivity index is 1.21. The summed E-state index contributed by atoms with van der Waals surface area (Å²) in [6.45, 7) is 3.38. The molecule has 194 valence electrons. The third-order valence-electron chi connectivity index (χ3n) is 7.67. The van der Waals surface area contributed by atoms with Gasteiger partial charge >= 0.3 is 0 Å². The van der Waals surface area contributed by atoms with Gasteiger partial charge in [-0.1, -0.05) is 24.3 Å². The minimum atomic E-state index is -0.0775. The number of nitrogens with zero attached hydrogens (tertiary/aromatic N) is 3. The fourth-order valence-corrected chi connectivity index (χ4v) is 5.62. The van der Waals surface area contributed by atoms with Crippen LogP contribution in [0.2, 0.25) is 0 Å². The van der Waals surface area contributed by atoms with E-state index in [9.17, 15) is 4.79 Å². The van der Waals surface area contributed by atoms with E-state index in [1.807, 2.05) is 42.7 Å². The second kappa shape index (κ2) is 10.8. The maximum atomic E-state index is 12.4. The smallest absolute Gasteiger partial charge is 0.251 e. The van der Waals surface area contributed by atoms with Crippen molar-refractivity contribution in [1.82, 2.24) is 24.8 Å². The van der Waals surface area contributed by atoms with Crippen LogP contribution in [0.3, 0.4) is 0 Å². The third kappa shape index (κ3) is 4.95. The summed E-state index contributed by atoms with van der Waals surface area (Å²) in [6.07, 6.45) is 7.57. The molecule has 0 bridgehead atoms. The first-order valence-corrected chi connectivity index (χ1v) is 13.3. The number of rotatable bonds is 9. The molecule has 0 radical (unpaired) electrons. The molecule has 2 aromatic heterocycles. The standard InChI is InChI=1S/C31H33N5O2/c1-38-15-14-35-13-5-8-25(35)17-24-20-32-28-11-10-26(18-27(24)28)36-21-34-29-16-22(9-12-30(29)36)19-33-31(37)23-6-3-2-4-7-23/h2-4,6-7,9-12,16,18,20-21,25,32H,5,8,13-15,17,19H2,1H3,(H,33,37). The van der Waals surface area contributed by atoms with Crippen molar-refractivity contribution in [2.75, 3.05) is 26.8 Å². The number of imidazole rings is 1. The number of carbonyl (C=O) groups excluding carboxylic acids is 1. The zero-order chi connectivity index (χ0) is 25.9. The summed E-state index contributed by atoms with van der Waals surface area (Å²) in [6, 6.07) is 22.6. The van der Waals surface area contributed by atoms with Gasteiger partial charge in [0.2, 0.25) is 0 Å². The van der Waals surface area contributed by atoms with Crippen LogP contribution in [0.15, 0.2) is 79.3 Å². The molecule has 5 aromatic rings. The number of hydrogen-bond donors (Lipinski definition) is 2. The van der Waals surface area contributed by atoms with Crippen molar-refractivity contribution in [1.29, 1.82) is 0 Å². The lowest BCUT2D eigenvalue weighted by Crippen LogP contribution is -2.33. The number of H-pyrrole nitrogens is 1. The quantitative estimate of drug-likeness (QED) is 0.291. The largest absolute Gasteiger partial charge is 0.383 e. The van der Waals surface area contributed by atoms with Gasteiger partial charge in [0.15, 0.2) is 0 Å². The number of methoxy groups -OCH3 is 1. The van der Waals surface area contributed by atoms with Gasteiger partial charge in [0.1, 0.15) is 6.33 Å². The van der Waals surface area contributed by atoms with E-state index in [4.69, 9.17) is 4.74 Å². The number of fused-ring (bicyclic) bond motifs is 2. The molecule has 3 heterocycles. The van der Waals surface area contributed by atoms with Gasteiger partial charge in [-0.05, 0) is 79.4 Å². The van der Waals surface area contributed by atoms with Crippen molar-refractivity contribution in [2.24, 2.45) is 0 Å². The summed E-state index contributed by atoms with van der Waals surface area (Å²) >= 11 is 0. The fraction of sp³-hybridized carbons (Fsp3) is 0.290. The Morgan fingerprint density at radius 1 is 1.13 bits per heavy atom. The van der Waals surface area contributed by atoms with E-state index in [0.29, 0.717) is 18.2 Å². The summed E-state index contributed by atoms with van der Waals surface area (Å²) in [7, 11) is 1.77. The van der Waals surface area contributed by atoms with E-state index < -0.39 is 0 Å². The van der Waals surface area contributed by atoms with Gasteiger partial charge < -0.3 is 15.0 Å². The second-order valence-corrected chi connectivity index (χ2v) is 10.1. The highest BCUT2D eigenvalue weighted by molar-refractivity contribution is 5.94. The predicted octanol–water partition coefficient (Wildman–Crippen LogP) is 5.09. The van der Waals surface area contributed by atoms with E-state index >= 15 is 0 Å². The highest BCUT2D eigenvalue weighted by Gasteiger charge is 2.25. The van der Waals surface area contributed by atoms with Crippen LogP contribution < -0.4 is 5.32 Å². The first kappa shape index (κ1) is 24.4. The molecule has 0 aliphatic carbocycles. The van der Waals surface area contributed by atoms with Crippen LogP contribution in [-0.4, -0.2) is 58.2 Å². The molecule has 1 aliphatic heterocycles. The van der Waals surface area contributed by atoms with Crippen LogP contribution in [0.5, 0.6) is 0 Å². The lowest BCUT2D eigenvalue weighted by atomic mass is 10.0. The zero-order valence-electron chi connectivity index (χ0n) is 21.7. The minimum absolute atomic E-state index is 0.0775. The average Bonchev–Trinajstić information content (AvgIpc) is 3.69. The van der Waals surface area contributed by atoms with E-state index in [1.165, 1.54) is 23.8 Å². The van der Waals surface area contributed by atoms with E-state index in [2.05, 4.69) is 61.3 Å². The van der Waals surface area contributed by atoms with Crippen molar-refractivity contribution in [3.63, 3.8) is 0 Å². The number of aromatic amines is 1. The molecular formula is C31H33N5O2. The van der Waals surface area contributed by atoms with Crippen molar-refractivity contribution in [3.05, 3.63) is 95.9 Å². The second-order valence-electron chi connectivity index (χ2n) is 10.1. The zero-order valence-corrected chi connectivity index (χ0v) is 21.7. The molecule has 38 heavy (non-hydrogen) atoms. The molecule has 7 heteroatoms. The highest BCUT2D eigenvalue weighted by Crippen LogP contribution is 2.28. The van der Waals surface area contributed by atoms with Crippen LogP contribution in [0.25, 0.3) is 27.6 Å². The first-order chi connectivity index (χ1) is 18.7. The Labute approximate surface area is 222 Å². The van der Waals surface area contributed by atoms with Crippen molar-refractivity contribution in [3.8, 4) is 5.69 Å². The lowest BCUT2D eigenvalue weighted by Gasteiger charge is -2.23. The highest BCUT2D eigenvalue weighted by atomic mass is 16.5. The van der Waals surface area contributed by atoms with Crippen LogP contribution in [-0.2, 0) is 17.7 Å². The van der Waals surface area contributed by atoms with Gasteiger partial charge in [-0.15, -0.1) is 0 Å². The normalized spacial score (nSPS) is 16.0. The maximum absolute atomic E-state index is 12.4. The lowest BCUT2D eigenvalue weighted by molar-refractivity contribution is 0.0951. The number of likely N-dealkylation sites (tertiary alicyclic amines) is 1. The number of aromatic nitrogens is 3. The number of carbonyl (C=O) groups is 1. The Kier molecular flexibility index (Phi) is 6.94. The van der Waals surface area contributed by atoms with Crippen LogP contribution in [0, 0.1) is 0 Å². The molecule has 6 rings (SSSR count). The summed E-state index contributed by atoms with van der Waals surface area (Å²) < 4.78 is 7.46. The van der Waals surface area contributed by atoms with Crippen molar-refractivity contribution < 1.29 is 9.53 Å². The topological polar surface area (TPSA) is 75.2 Å². The van der Waals surface area contributed by atoms with Gasteiger partial charge in [-0.2, -0.15) is 0 Å². The van der Waals surface area contributed by atoms with Gasteiger partial charge in [-0.25, -0.2) is 4.98 Å². The van der Waals surface area contributed by atoms with Gasteiger partial charge in [-0.3, -0.25) is 14.3 Å². The average molecular weight is 508 g/mol. The van der Waals surface area contributed by atoms with E-state index in [-0.39, 0.29) is 5.91 Å². The summed E-state index contributed by atoms with van der Waals surface area (Å²) in [5.74, 6) is -0.0775. The molecule has 0 spiro atoms.